The lowest BCUT2D eigenvalue weighted by atomic mass is 10.1. The van der Waals surface area contributed by atoms with Crippen molar-refractivity contribution in [3.05, 3.63) is 46.4 Å². The van der Waals surface area contributed by atoms with Gasteiger partial charge in [0.1, 0.15) is 19.0 Å². The van der Waals surface area contributed by atoms with E-state index in [9.17, 15) is 9.59 Å². The fourth-order valence-electron chi connectivity index (χ4n) is 2.44. The molecule has 0 aliphatic carbocycles. The maximum atomic E-state index is 12.1. The summed E-state index contributed by atoms with van der Waals surface area (Å²) in [6, 6.07) is 10.2. The highest BCUT2D eigenvalue weighted by molar-refractivity contribution is 9.10. The molecule has 1 aliphatic rings. The van der Waals surface area contributed by atoms with Crippen LogP contribution in [0.25, 0.3) is 0 Å². The van der Waals surface area contributed by atoms with Gasteiger partial charge in [0.15, 0.2) is 23.9 Å². The average Bonchev–Trinajstić information content (AvgIpc) is 2.66. The number of nitrogens with one attached hydrogen (secondary N) is 1. The standard InChI is InChI=1S/C19H18BrNO5/c1-2-16(22)12-3-5-13(6-4-12)26-11-19(23)21-15-10-18-17(9-14(15)20)24-7-8-25-18/h3-6,9-10H,2,7-8,11H2,1H3,(H,21,23). The van der Waals surface area contributed by atoms with Crippen molar-refractivity contribution in [1.82, 2.24) is 0 Å². The second kappa shape index (κ2) is 8.23. The molecule has 7 heteroatoms. The van der Waals surface area contributed by atoms with Crippen LogP contribution in [-0.2, 0) is 4.79 Å². The third-order valence-electron chi connectivity index (χ3n) is 3.77. The SMILES string of the molecule is CCC(=O)c1ccc(OCC(=O)Nc2cc3c(cc2Br)OCCO3)cc1. The van der Waals surface area contributed by atoms with Gasteiger partial charge in [-0.15, -0.1) is 0 Å². The van der Waals surface area contributed by atoms with Crippen molar-refractivity contribution in [1.29, 1.82) is 0 Å². The molecule has 0 atom stereocenters. The van der Waals surface area contributed by atoms with Gasteiger partial charge in [-0.1, -0.05) is 6.92 Å². The Kier molecular flexibility index (Phi) is 5.78. The first-order valence-corrected chi connectivity index (χ1v) is 9.01. The number of hydrogen-bond acceptors (Lipinski definition) is 5. The monoisotopic (exact) mass is 419 g/mol. The topological polar surface area (TPSA) is 73.9 Å². The molecule has 0 saturated carbocycles. The third-order valence-corrected chi connectivity index (χ3v) is 4.43. The average molecular weight is 420 g/mol. The minimum absolute atomic E-state index is 0.0674. The van der Waals surface area contributed by atoms with E-state index >= 15 is 0 Å². The molecule has 0 saturated heterocycles. The summed E-state index contributed by atoms with van der Waals surface area (Å²) in [5.74, 6) is 1.51. The van der Waals surface area contributed by atoms with E-state index < -0.39 is 0 Å². The maximum absolute atomic E-state index is 12.1. The number of amides is 1. The molecule has 1 aliphatic heterocycles. The van der Waals surface area contributed by atoms with Crippen molar-refractivity contribution >= 4 is 33.3 Å². The van der Waals surface area contributed by atoms with Crippen LogP contribution < -0.4 is 19.5 Å². The Bertz CT molecular complexity index is 819. The molecule has 0 aromatic heterocycles. The van der Waals surface area contributed by atoms with Crippen LogP contribution in [0, 0.1) is 0 Å². The molecule has 0 fully saturated rings. The Morgan fingerprint density at radius 1 is 1.12 bits per heavy atom. The number of ether oxygens (including phenoxy) is 3. The molecule has 1 heterocycles. The first-order chi connectivity index (χ1) is 12.6. The fraction of sp³-hybridized carbons (Fsp3) is 0.263. The van der Waals surface area contributed by atoms with Crippen molar-refractivity contribution in [3.8, 4) is 17.2 Å². The number of anilines is 1. The number of rotatable bonds is 6. The molecule has 3 rings (SSSR count). The predicted molar refractivity (Wildman–Crippen MR) is 100 cm³/mol. The Balaban J connectivity index is 1.58. The highest BCUT2D eigenvalue weighted by atomic mass is 79.9. The van der Waals surface area contributed by atoms with E-state index in [0.717, 1.165) is 0 Å². The summed E-state index contributed by atoms with van der Waals surface area (Å²) in [7, 11) is 0. The van der Waals surface area contributed by atoms with Crippen molar-refractivity contribution in [2.24, 2.45) is 0 Å². The van der Waals surface area contributed by atoms with Crippen LogP contribution in [-0.4, -0.2) is 31.5 Å². The van der Waals surface area contributed by atoms with E-state index in [0.29, 0.717) is 52.6 Å². The molecule has 1 amide bonds. The van der Waals surface area contributed by atoms with E-state index in [1.54, 1.807) is 36.4 Å². The Morgan fingerprint density at radius 2 is 1.77 bits per heavy atom. The number of fused-ring (bicyclic) bond motifs is 1. The lowest BCUT2D eigenvalue weighted by Gasteiger charge is -2.20. The molecule has 0 unspecified atom stereocenters. The summed E-state index contributed by atoms with van der Waals surface area (Å²) in [4.78, 5) is 23.7. The Morgan fingerprint density at radius 3 is 2.42 bits per heavy atom. The van der Waals surface area contributed by atoms with Crippen LogP contribution in [0.3, 0.4) is 0 Å². The summed E-state index contributed by atoms with van der Waals surface area (Å²) >= 11 is 3.41. The second-order valence-electron chi connectivity index (χ2n) is 5.61. The molecule has 0 spiro atoms. The van der Waals surface area contributed by atoms with Crippen molar-refractivity contribution < 1.29 is 23.8 Å². The Labute approximate surface area is 159 Å². The molecular weight excluding hydrogens is 402 g/mol. The van der Waals surface area contributed by atoms with Crippen LogP contribution in [0.4, 0.5) is 5.69 Å². The molecule has 2 aromatic carbocycles. The zero-order valence-corrected chi connectivity index (χ0v) is 15.8. The normalized spacial score (nSPS) is 12.4. The fourth-order valence-corrected chi connectivity index (χ4v) is 2.86. The van der Waals surface area contributed by atoms with Crippen LogP contribution in [0.15, 0.2) is 40.9 Å². The van der Waals surface area contributed by atoms with E-state index in [1.807, 2.05) is 6.92 Å². The first kappa shape index (κ1) is 18.3. The summed E-state index contributed by atoms with van der Waals surface area (Å²) in [5.41, 5.74) is 1.20. The largest absolute Gasteiger partial charge is 0.486 e. The van der Waals surface area contributed by atoms with Gasteiger partial charge >= 0.3 is 0 Å². The summed E-state index contributed by atoms with van der Waals surface area (Å²) in [6.07, 6.45) is 0.451. The zero-order chi connectivity index (χ0) is 18.5. The first-order valence-electron chi connectivity index (χ1n) is 8.22. The van der Waals surface area contributed by atoms with Gasteiger partial charge in [-0.25, -0.2) is 0 Å². The third kappa shape index (κ3) is 4.35. The molecule has 1 N–H and O–H groups in total. The van der Waals surface area contributed by atoms with Gasteiger partial charge in [0.2, 0.25) is 0 Å². The predicted octanol–water partition coefficient (Wildman–Crippen LogP) is 3.83. The van der Waals surface area contributed by atoms with E-state index in [4.69, 9.17) is 14.2 Å². The lowest BCUT2D eigenvalue weighted by molar-refractivity contribution is -0.118. The van der Waals surface area contributed by atoms with Crippen LogP contribution in [0.2, 0.25) is 0 Å². The van der Waals surface area contributed by atoms with E-state index in [2.05, 4.69) is 21.2 Å². The van der Waals surface area contributed by atoms with Crippen LogP contribution in [0.5, 0.6) is 17.2 Å². The van der Waals surface area contributed by atoms with E-state index in [-0.39, 0.29) is 18.3 Å². The molecular formula is C19H18BrNO5. The number of benzene rings is 2. The lowest BCUT2D eigenvalue weighted by Crippen LogP contribution is -2.21. The van der Waals surface area contributed by atoms with Crippen LogP contribution >= 0.6 is 15.9 Å². The van der Waals surface area contributed by atoms with Gasteiger partial charge in [0.25, 0.3) is 5.91 Å². The minimum atomic E-state index is -0.309. The van der Waals surface area contributed by atoms with Crippen molar-refractivity contribution in [2.75, 3.05) is 25.1 Å². The molecule has 0 radical (unpaired) electrons. The van der Waals surface area contributed by atoms with Crippen LogP contribution in [0.1, 0.15) is 23.7 Å². The number of ketones is 1. The number of carbonyl (C=O) groups excluding carboxylic acids is 2. The van der Waals surface area contributed by atoms with Gasteiger partial charge in [-0.05, 0) is 40.2 Å². The number of Topliss-reactive ketones (excluding diaryl/α,β-unsaturated/α-hetero) is 1. The molecule has 26 heavy (non-hydrogen) atoms. The van der Waals surface area contributed by atoms with Crippen molar-refractivity contribution in [2.45, 2.75) is 13.3 Å². The molecule has 6 nitrogen and oxygen atoms in total. The zero-order valence-electron chi connectivity index (χ0n) is 14.2. The second-order valence-corrected chi connectivity index (χ2v) is 6.47. The summed E-state index contributed by atoms with van der Waals surface area (Å²) < 4.78 is 17.2. The summed E-state index contributed by atoms with van der Waals surface area (Å²) in [6.45, 7) is 2.64. The summed E-state index contributed by atoms with van der Waals surface area (Å²) in [5, 5.41) is 2.77. The van der Waals surface area contributed by atoms with Gasteiger partial charge in [-0.2, -0.15) is 0 Å². The van der Waals surface area contributed by atoms with Gasteiger partial charge in [-0.3, -0.25) is 9.59 Å². The number of halogens is 1. The minimum Gasteiger partial charge on any atom is -0.486 e. The van der Waals surface area contributed by atoms with Gasteiger partial charge < -0.3 is 19.5 Å². The number of hydrogen-bond donors (Lipinski definition) is 1. The molecule has 136 valence electrons. The highest BCUT2D eigenvalue weighted by Crippen LogP contribution is 2.38. The maximum Gasteiger partial charge on any atom is 0.262 e. The quantitative estimate of drug-likeness (QED) is 0.720. The molecule has 0 bridgehead atoms. The van der Waals surface area contributed by atoms with Gasteiger partial charge in [0, 0.05) is 28.6 Å². The van der Waals surface area contributed by atoms with E-state index in [1.165, 1.54) is 0 Å². The smallest absolute Gasteiger partial charge is 0.262 e. The number of carbonyl (C=O) groups is 2. The van der Waals surface area contributed by atoms with Gasteiger partial charge in [0.05, 0.1) is 5.69 Å². The van der Waals surface area contributed by atoms with Crippen molar-refractivity contribution in [3.63, 3.8) is 0 Å². The molecule has 2 aromatic rings. The highest BCUT2D eigenvalue weighted by Gasteiger charge is 2.16. The Hall–Kier alpha value is -2.54.